The van der Waals surface area contributed by atoms with Gasteiger partial charge in [0.05, 0.1) is 19.0 Å². The van der Waals surface area contributed by atoms with Gasteiger partial charge in [-0.05, 0) is 38.5 Å². The normalized spacial score (nSPS) is 21.0. The van der Waals surface area contributed by atoms with Gasteiger partial charge in [0.2, 0.25) is 0 Å². The average Bonchev–Trinajstić information content (AvgIpc) is 2.69. The molecule has 27 heavy (non-hydrogen) atoms. The van der Waals surface area contributed by atoms with Gasteiger partial charge >= 0.3 is 6.09 Å². The molecule has 2 fully saturated rings. The molecule has 148 valence electrons. The molecule has 2 aliphatic heterocycles. The Bertz CT molecular complexity index is 643. The number of likely N-dealkylation sites (tertiary alicyclic amines) is 1. The van der Waals surface area contributed by atoms with Gasteiger partial charge in [-0.3, -0.25) is 4.79 Å². The molecule has 8 nitrogen and oxygen atoms in total. The predicted octanol–water partition coefficient (Wildman–Crippen LogP) is 2.06. The first-order valence-corrected chi connectivity index (χ1v) is 9.86. The van der Waals surface area contributed by atoms with Crippen LogP contribution in [0.15, 0.2) is 12.4 Å². The summed E-state index contributed by atoms with van der Waals surface area (Å²) in [7, 11) is 0. The SMILES string of the molecule is CCOC(=O)N1CCC(NC(=O)c2cnc(N3CCCC(C)C3)cn2)CC1. The fourth-order valence-electron chi connectivity index (χ4n) is 3.68. The second-order valence-corrected chi connectivity index (χ2v) is 7.39. The summed E-state index contributed by atoms with van der Waals surface area (Å²) in [5.74, 6) is 1.28. The van der Waals surface area contributed by atoms with E-state index in [0.29, 0.717) is 44.1 Å². The number of piperidine rings is 2. The fourth-order valence-corrected chi connectivity index (χ4v) is 3.68. The Labute approximate surface area is 160 Å². The highest BCUT2D eigenvalue weighted by molar-refractivity contribution is 5.92. The van der Waals surface area contributed by atoms with Gasteiger partial charge in [-0.2, -0.15) is 0 Å². The van der Waals surface area contributed by atoms with E-state index < -0.39 is 0 Å². The third-order valence-electron chi connectivity index (χ3n) is 5.21. The summed E-state index contributed by atoms with van der Waals surface area (Å²) in [5, 5.41) is 3.00. The number of aromatic nitrogens is 2. The standard InChI is InChI=1S/C19H29N5O3/c1-3-27-19(26)23-9-6-15(7-10-23)22-18(25)16-11-21-17(12-20-16)24-8-4-5-14(2)13-24/h11-12,14-15H,3-10,13H2,1-2H3,(H,22,25). The zero-order chi connectivity index (χ0) is 19.2. The van der Waals surface area contributed by atoms with E-state index in [1.165, 1.54) is 6.42 Å². The third kappa shape index (κ3) is 5.08. The van der Waals surface area contributed by atoms with Crippen molar-refractivity contribution >= 4 is 17.8 Å². The summed E-state index contributed by atoms with van der Waals surface area (Å²) < 4.78 is 5.01. The quantitative estimate of drug-likeness (QED) is 0.867. The van der Waals surface area contributed by atoms with Crippen LogP contribution >= 0.6 is 0 Å². The Hall–Kier alpha value is -2.38. The van der Waals surface area contributed by atoms with Crippen molar-refractivity contribution in [2.24, 2.45) is 5.92 Å². The van der Waals surface area contributed by atoms with Crippen molar-refractivity contribution < 1.29 is 14.3 Å². The lowest BCUT2D eigenvalue weighted by Gasteiger charge is -2.32. The van der Waals surface area contributed by atoms with Crippen LogP contribution < -0.4 is 10.2 Å². The van der Waals surface area contributed by atoms with Gasteiger partial charge in [-0.15, -0.1) is 0 Å². The van der Waals surface area contributed by atoms with Crippen LogP contribution in [0.2, 0.25) is 0 Å². The smallest absolute Gasteiger partial charge is 0.409 e. The zero-order valence-corrected chi connectivity index (χ0v) is 16.2. The highest BCUT2D eigenvalue weighted by Gasteiger charge is 2.25. The van der Waals surface area contributed by atoms with Crippen molar-refractivity contribution in [3.63, 3.8) is 0 Å². The first-order valence-electron chi connectivity index (χ1n) is 9.86. The number of carbonyl (C=O) groups excluding carboxylic acids is 2. The second-order valence-electron chi connectivity index (χ2n) is 7.39. The topological polar surface area (TPSA) is 87.7 Å². The maximum absolute atomic E-state index is 12.4. The van der Waals surface area contributed by atoms with Gasteiger partial charge < -0.3 is 19.9 Å². The Morgan fingerprint density at radius 1 is 1.19 bits per heavy atom. The van der Waals surface area contributed by atoms with E-state index in [2.05, 4.69) is 27.1 Å². The molecule has 8 heteroatoms. The van der Waals surface area contributed by atoms with Crippen LogP contribution in [0.4, 0.5) is 10.6 Å². The molecule has 0 saturated carbocycles. The molecule has 1 unspecified atom stereocenters. The highest BCUT2D eigenvalue weighted by Crippen LogP contribution is 2.20. The predicted molar refractivity (Wildman–Crippen MR) is 102 cm³/mol. The lowest BCUT2D eigenvalue weighted by Crippen LogP contribution is -2.46. The van der Waals surface area contributed by atoms with Crippen molar-refractivity contribution in [3.05, 3.63) is 18.1 Å². The lowest BCUT2D eigenvalue weighted by molar-refractivity contribution is 0.0856. The molecule has 1 N–H and O–H groups in total. The van der Waals surface area contributed by atoms with E-state index in [1.54, 1.807) is 24.2 Å². The van der Waals surface area contributed by atoms with Crippen molar-refractivity contribution in [1.82, 2.24) is 20.2 Å². The molecule has 3 rings (SSSR count). The summed E-state index contributed by atoms with van der Waals surface area (Å²) in [5.41, 5.74) is 0.330. The monoisotopic (exact) mass is 375 g/mol. The minimum Gasteiger partial charge on any atom is -0.450 e. The number of rotatable bonds is 4. The Morgan fingerprint density at radius 3 is 2.59 bits per heavy atom. The van der Waals surface area contributed by atoms with Gasteiger partial charge in [-0.1, -0.05) is 6.92 Å². The molecular weight excluding hydrogens is 346 g/mol. The molecule has 0 bridgehead atoms. The Balaban J connectivity index is 1.49. The van der Waals surface area contributed by atoms with Crippen LogP contribution in [-0.2, 0) is 4.74 Å². The van der Waals surface area contributed by atoms with Crippen LogP contribution in [0.5, 0.6) is 0 Å². The fraction of sp³-hybridized carbons (Fsp3) is 0.684. The maximum atomic E-state index is 12.4. The summed E-state index contributed by atoms with van der Waals surface area (Å²) in [6.45, 7) is 7.56. The molecule has 1 aromatic heterocycles. The van der Waals surface area contributed by atoms with Gasteiger partial charge in [-0.25, -0.2) is 14.8 Å². The van der Waals surface area contributed by atoms with E-state index in [0.717, 1.165) is 25.3 Å². The molecule has 2 saturated heterocycles. The third-order valence-corrected chi connectivity index (χ3v) is 5.21. The minimum atomic E-state index is -0.282. The van der Waals surface area contributed by atoms with E-state index in [1.807, 2.05) is 0 Å². The number of hydrogen-bond donors (Lipinski definition) is 1. The summed E-state index contributed by atoms with van der Waals surface area (Å²) >= 11 is 0. The zero-order valence-electron chi connectivity index (χ0n) is 16.2. The summed E-state index contributed by atoms with van der Waals surface area (Å²) in [6.07, 6.45) is 6.79. The summed E-state index contributed by atoms with van der Waals surface area (Å²) in [6, 6.07) is 0.0348. The Morgan fingerprint density at radius 2 is 1.96 bits per heavy atom. The van der Waals surface area contributed by atoms with E-state index >= 15 is 0 Å². The van der Waals surface area contributed by atoms with E-state index in [4.69, 9.17) is 4.74 Å². The van der Waals surface area contributed by atoms with E-state index in [-0.39, 0.29) is 18.0 Å². The lowest BCUT2D eigenvalue weighted by atomic mass is 10.0. The number of carbonyl (C=O) groups is 2. The molecule has 0 aromatic carbocycles. The number of hydrogen-bond acceptors (Lipinski definition) is 6. The molecule has 2 aliphatic rings. The molecule has 0 spiro atoms. The highest BCUT2D eigenvalue weighted by atomic mass is 16.6. The van der Waals surface area contributed by atoms with Gasteiger partial charge in [0, 0.05) is 32.2 Å². The van der Waals surface area contributed by atoms with Crippen molar-refractivity contribution in [2.45, 2.75) is 45.6 Å². The van der Waals surface area contributed by atoms with Gasteiger partial charge in [0.1, 0.15) is 11.5 Å². The minimum absolute atomic E-state index is 0.0348. The van der Waals surface area contributed by atoms with Crippen molar-refractivity contribution in [3.8, 4) is 0 Å². The summed E-state index contributed by atoms with van der Waals surface area (Å²) in [4.78, 5) is 36.8. The van der Waals surface area contributed by atoms with Crippen LogP contribution in [-0.4, -0.2) is 65.7 Å². The van der Waals surface area contributed by atoms with Crippen LogP contribution in [0.3, 0.4) is 0 Å². The molecular formula is C19H29N5O3. The number of amides is 2. The molecule has 1 atom stereocenters. The first kappa shape index (κ1) is 19.4. The number of anilines is 1. The van der Waals surface area contributed by atoms with Crippen molar-refractivity contribution in [2.75, 3.05) is 37.7 Å². The molecule has 2 amide bonds. The first-order chi connectivity index (χ1) is 13.1. The molecule has 0 radical (unpaired) electrons. The number of nitrogens with one attached hydrogen (secondary N) is 1. The molecule has 1 aromatic rings. The van der Waals surface area contributed by atoms with Gasteiger partial charge in [0.25, 0.3) is 5.91 Å². The van der Waals surface area contributed by atoms with Crippen LogP contribution in [0.25, 0.3) is 0 Å². The van der Waals surface area contributed by atoms with Crippen LogP contribution in [0.1, 0.15) is 50.0 Å². The van der Waals surface area contributed by atoms with Crippen LogP contribution in [0, 0.1) is 5.92 Å². The van der Waals surface area contributed by atoms with Crippen molar-refractivity contribution in [1.29, 1.82) is 0 Å². The average molecular weight is 375 g/mol. The molecule has 3 heterocycles. The second kappa shape index (κ2) is 9.01. The molecule has 0 aliphatic carbocycles. The Kier molecular flexibility index (Phi) is 6.47. The largest absolute Gasteiger partial charge is 0.450 e. The van der Waals surface area contributed by atoms with Gasteiger partial charge in [0.15, 0.2) is 0 Å². The maximum Gasteiger partial charge on any atom is 0.409 e. The number of ether oxygens (including phenoxy) is 1. The van der Waals surface area contributed by atoms with E-state index in [9.17, 15) is 9.59 Å². The number of nitrogens with zero attached hydrogens (tertiary/aromatic N) is 4.